The molecule has 0 aromatic heterocycles. The summed E-state index contributed by atoms with van der Waals surface area (Å²) in [5.74, 6) is -0.442. The zero-order valence-corrected chi connectivity index (χ0v) is 19.7. The summed E-state index contributed by atoms with van der Waals surface area (Å²) in [6, 6.07) is 5.55. The molecule has 0 radical (unpaired) electrons. The van der Waals surface area contributed by atoms with Gasteiger partial charge >= 0.3 is 6.09 Å². The lowest BCUT2D eigenvalue weighted by Crippen LogP contribution is -2.60. The van der Waals surface area contributed by atoms with Crippen LogP contribution in [0.15, 0.2) is 24.3 Å². The molecule has 3 N–H and O–H groups in total. The van der Waals surface area contributed by atoms with Crippen molar-refractivity contribution in [3.05, 3.63) is 29.8 Å². The highest BCUT2D eigenvalue weighted by molar-refractivity contribution is 5.89. The Labute approximate surface area is 180 Å². The number of benzene rings is 1. The lowest BCUT2D eigenvalue weighted by molar-refractivity contribution is -0.131. The number of amides is 2. The maximum atomic E-state index is 13.4. The van der Waals surface area contributed by atoms with Gasteiger partial charge in [0.25, 0.3) is 0 Å². The monoisotopic (exact) mass is 419 g/mol. The molecule has 0 aliphatic heterocycles. The molecule has 0 aliphatic rings. The predicted molar refractivity (Wildman–Crippen MR) is 119 cm³/mol. The molecule has 1 rings (SSSR count). The summed E-state index contributed by atoms with van der Waals surface area (Å²) >= 11 is 0. The number of ether oxygens (including phenoxy) is 1. The van der Waals surface area contributed by atoms with Crippen molar-refractivity contribution in [3.63, 3.8) is 0 Å². The molecule has 1 aromatic carbocycles. The Morgan fingerprint density at radius 3 is 2.10 bits per heavy atom. The third kappa shape index (κ3) is 6.47. The van der Waals surface area contributed by atoms with Gasteiger partial charge in [0.05, 0.1) is 6.04 Å². The van der Waals surface area contributed by atoms with Crippen molar-refractivity contribution in [2.45, 2.75) is 78.5 Å². The van der Waals surface area contributed by atoms with Crippen LogP contribution in [0.1, 0.15) is 61.0 Å². The predicted octanol–water partition coefficient (Wildman–Crippen LogP) is 3.51. The van der Waals surface area contributed by atoms with E-state index in [0.717, 1.165) is 11.8 Å². The van der Waals surface area contributed by atoms with Gasteiger partial charge in [0.2, 0.25) is 5.91 Å². The molecule has 0 bridgehead atoms. The van der Waals surface area contributed by atoms with Crippen LogP contribution in [-0.2, 0) is 19.7 Å². The summed E-state index contributed by atoms with van der Waals surface area (Å²) in [7, 11) is 1.53. The number of nitrogens with zero attached hydrogens (tertiary/aromatic N) is 1. The van der Waals surface area contributed by atoms with Crippen molar-refractivity contribution in [1.82, 2.24) is 10.2 Å². The first-order valence-electron chi connectivity index (χ1n) is 10.1. The molecule has 7 nitrogen and oxygen atoms in total. The number of carbonyl (C=O) groups is 3. The number of likely N-dealkylation sites (N-methyl/N-ethyl adjacent to an activating group) is 1. The molecular formula is C23H37N3O4. The van der Waals surface area contributed by atoms with E-state index >= 15 is 0 Å². The molecule has 2 unspecified atom stereocenters. The molecule has 1 aromatic rings. The second kappa shape index (κ2) is 9.06. The van der Waals surface area contributed by atoms with Crippen LogP contribution in [0.2, 0.25) is 0 Å². The smallest absolute Gasteiger partial charge is 0.410 e. The summed E-state index contributed by atoms with van der Waals surface area (Å²) in [5, 5.41) is 2.81. The van der Waals surface area contributed by atoms with Gasteiger partial charge in [0, 0.05) is 18.2 Å². The highest BCUT2D eigenvalue weighted by Crippen LogP contribution is 2.32. The van der Waals surface area contributed by atoms with Gasteiger partial charge in [-0.1, -0.05) is 46.8 Å². The molecule has 7 heteroatoms. The molecular weight excluding hydrogens is 382 g/mol. The van der Waals surface area contributed by atoms with Crippen molar-refractivity contribution in [2.24, 2.45) is 5.41 Å². The Balaban J connectivity index is 3.42. The van der Waals surface area contributed by atoms with E-state index in [1.807, 2.05) is 40.7 Å². The molecule has 2 amide bonds. The van der Waals surface area contributed by atoms with Crippen LogP contribution >= 0.6 is 0 Å². The van der Waals surface area contributed by atoms with E-state index < -0.39 is 40.5 Å². The molecule has 0 fully saturated rings. The number of hydrogen-bond donors (Lipinski definition) is 2. The number of nitrogens with one attached hydrogen (secondary N) is 1. The summed E-state index contributed by atoms with van der Waals surface area (Å²) in [6.45, 7) is 14.6. The summed E-state index contributed by atoms with van der Waals surface area (Å²) < 4.78 is 5.50. The van der Waals surface area contributed by atoms with Crippen molar-refractivity contribution in [1.29, 1.82) is 0 Å². The van der Waals surface area contributed by atoms with Crippen LogP contribution in [0.5, 0.6) is 0 Å². The maximum absolute atomic E-state index is 13.4. The quantitative estimate of drug-likeness (QED) is 0.543. The third-order valence-electron chi connectivity index (χ3n) is 5.00. The summed E-state index contributed by atoms with van der Waals surface area (Å²) in [6.07, 6.45) is 0.0914. The fraction of sp³-hybridized carbons (Fsp3) is 0.609. The number of carbonyl (C=O) groups excluding carboxylic acids is 3. The van der Waals surface area contributed by atoms with Gasteiger partial charge in [-0.15, -0.1) is 0 Å². The van der Waals surface area contributed by atoms with E-state index in [2.05, 4.69) is 5.32 Å². The van der Waals surface area contributed by atoms with E-state index in [-0.39, 0.29) is 0 Å². The Morgan fingerprint density at radius 2 is 1.67 bits per heavy atom. The SMILES string of the molecule is CN(C(=O)OC(C)(C)C)C(C(=O)NC(C=O)C(C)(C)C)C(C)(C)c1cccc(N)c1. The minimum Gasteiger partial charge on any atom is -0.444 e. The van der Waals surface area contributed by atoms with Crippen LogP contribution < -0.4 is 11.1 Å². The molecule has 0 saturated carbocycles. The second-order valence-electron chi connectivity index (χ2n) is 10.3. The van der Waals surface area contributed by atoms with Gasteiger partial charge in [0.1, 0.15) is 17.9 Å². The zero-order valence-electron chi connectivity index (χ0n) is 19.7. The number of nitrogens with two attached hydrogens (primary N) is 1. The molecule has 168 valence electrons. The van der Waals surface area contributed by atoms with Crippen LogP contribution in [-0.4, -0.2) is 47.9 Å². The van der Waals surface area contributed by atoms with Crippen LogP contribution in [0, 0.1) is 5.41 Å². The van der Waals surface area contributed by atoms with Gasteiger partial charge in [0.15, 0.2) is 0 Å². The number of rotatable bonds is 6. The second-order valence-corrected chi connectivity index (χ2v) is 10.3. The molecule has 0 saturated heterocycles. The topological polar surface area (TPSA) is 102 Å². The first-order valence-corrected chi connectivity index (χ1v) is 10.1. The van der Waals surface area contributed by atoms with Crippen LogP contribution in [0.25, 0.3) is 0 Å². The fourth-order valence-electron chi connectivity index (χ4n) is 3.21. The van der Waals surface area contributed by atoms with Crippen LogP contribution in [0.4, 0.5) is 10.5 Å². The highest BCUT2D eigenvalue weighted by Gasteiger charge is 2.44. The normalized spacial score (nSPS) is 14.4. The Morgan fingerprint density at radius 1 is 1.10 bits per heavy atom. The zero-order chi connectivity index (χ0) is 23.5. The average molecular weight is 420 g/mol. The first kappa shape index (κ1) is 25.5. The lowest BCUT2D eigenvalue weighted by atomic mass is 9.76. The lowest BCUT2D eigenvalue weighted by Gasteiger charge is -2.41. The van der Waals surface area contributed by atoms with Gasteiger partial charge in [-0.25, -0.2) is 4.79 Å². The maximum Gasteiger partial charge on any atom is 0.410 e. The van der Waals surface area contributed by atoms with Crippen molar-refractivity contribution >= 4 is 24.0 Å². The van der Waals surface area contributed by atoms with E-state index in [1.54, 1.807) is 39.0 Å². The van der Waals surface area contributed by atoms with E-state index in [1.165, 1.54) is 11.9 Å². The average Bonchev–Trinajstić information content (AvgIpc) is 2.57. The fourth-order valence-corrected chi connectivity index (χ4v) is 3.21. The van der Waals surface area contributed by atoms with E-state index in [4.69, 9.17) is 10.5 Å². The number of anilines is 1. The molecule has 0 spiro atoms. The van der Waals surface area contributed by atoms with E-state index in [9.17, 15) is 14.4 Å². The summed E-state index contributed by atoms with van der Waals surface area (Å²) in [4.78, 5) is 39.2. The van der Waals surface area contributed by atoms with Crippen molar-refractivity contribution < 1.29 is 19.1 Å². The first-order chi connectivity index (χ1) is 13.5. The highest BCUT2D eigenvalue weighted by atomic mass is 16.6. The Kier molecular flexibility index (Phi) is 7.69. The molecule has 30 heavy (non-hydrogen) atoms. The number of hydrogen-bond acceptors (Lipinski definition) is 5. The van der Waals surface area contributed by atoms with Crippen molar-refractivity contribution in [3.8, 4) is 0 Å². The van der Waals surface area contributed by atoms with Crippen molar-refractivity contribution in [2.75, 3.05) is 12.8 Å². The molecule has 0 aliphatic carbocycles. The van der Waals surface area contributed by atoms with Gasteiger partial charge in [-0.2, -0.15) is 0 Å². The standard InChI is InChI=1S/C23H37N3O4/c1-21(2,3)17(14-27)25-19(28)18(26(9)20(29)30-22(4,5)6)23(7,8)15-11-10-12-16(24)13-15/h10-14,17-18H,24H2,1-9H3,(H,25,28). The van der Waals surface area contributed by atoms with Crippen LogP contribution in [0.3, 0.4) is 0 Å². The minimum atomic E-state index is -0.945. The Bertz CT molecular complexity index is 775. The minimum absolute atomic E-state index is 0.442. The van der Waals surface area contributed by atoms with Gasteiger partial charge in [-0.05, 0) is 43.9 Å². The number of nitrogen functional groups attached to an aromatic ring is 1. The van der Waals surface area contributed by atoms with Gasteiger partial charge in [-0.3, -0.25) is 9.69 Å². The largest absolute Gasteiger partial charge is 0.444 e. The van der Waals surface area contributed by atoms with Gasteiger partial charge < -0.3 is 20.6 Å². The molecule has 0 heterocycles. The third-order valence-corrected chi connectivity index (χ3v) is 5.00. The van der Waals surface area contributed by atoms with E-state index in [0.29, 0.717) is 5.69 Å². The molecule has 2 atom stereocenters. The summed E-state index contributed by atoms with van der Waals surface area (Å²) in [5.41, 5.74) is 5.28. The number of aldehydes is 1. The Hall–Kier alpha value is -2.57.